The maximum Gasteiger partial charge on any atom is 0.0706 e. The van der Waals surface area contributed by atoms with Crippen LogP contribution in [0.5, 0.6) is 0 Å². The molecule has 0 aromatic heterocycles. The molecule has 0 aromatic carbocycles. The molecule has 0 saturated carbocycles. The average molecular weight is 229 g/mol. The second-order valence-electron chi connectivity index (χ2n) is 4.29. The topological polar surface area (TPSA) is 12.5 Å². The molecule has 2 rings (SSSR count). The number of hydrogen-bond donors (Lipinski definition) is 0. The number of likely N-dealkylation sites (tertiary alicyclic amines) is 1. The minimum atomic E-state index is 0.296. The fourth-order valence-corrected chi connectivity index (χ4v) is 2.33. The summed E-state index contributed by atoms with van der Waals surface area (Å²) < 4.78 is 5.93. The maximum absolute atomic E-state index is 5.93. The van der Waals surface area contributed by atoms with Gasteiger partial charge in [-0.1, -0.05) is 27.7 Å². The van der Waals surface area contributed by atoms with E-state index in [4.69, 9.17) is 4.74 Å². The highest BCUT2D eigenvalue weighted by molar-refractivity contribution is 4.88. The average Bonchev–Trinajstić information content (AvgIpc) is 2.39. The molecule has 0 aliphatic carbocycles. The van der Waals surface area contributed by atoms with Gasteiger partial charge in [0.15, 0.2) is 0 Å². The highest BCUT2D eigenvalue weighted by atomic mass is 16.5. The van der Waals surface area contributed by atoms with Crippen molar-refractivity contribution in [3.63, 3.8) is 0 Å². The monoisotopic (exact) mass is 229 g/mol. The molecule has 2 aliphatic rings. The molecule has 16 heavy (non-hydrogen) atoms. The molecular formula is C14H31NO. The van der Waals surface area contributed by atoms with E-state index in [0.29, 0.717) is 5.60 Å². The summed E-state index contributed by atoms with van der Waals surface area (Å²) in [7, 11) is 2.20. The molecule has 0 amide bonds. The van der Waals surface area contributed by atoms with Crippen LogP contribution in [-0.2, 0) is 4.74 Å². The molecule has 0 bridgehead atoms. The minimum Gasteiger partial charge on any atom is -0.375 e. The lowest BCUT2D eigenvalue weighted by atomic mass is 9.85. The van der Waals surface area contributed by atoms with Crippen molar-refractivity contribution in [2.75, 3.05) is 26.7 Å². The van der Waals surface area contributed by atoms with Crippen LogP contribution in [0.15, 0.2) is 0 Å². The van der Waals surface area contributed by atoms with Gasteiger partial charge in [-0.05, 0) is 39.2 Å². The minimum absolute atomic E-state index is 0.296. The van der Waals surface area contributed by atoms with Crippen LogP contribution in [0, 0.1) is 0 Å². The fourth-order valence-electron chi connectivity index (χ4n) is 2.33. The third-order valence-corrected chi connectivity index (χ3v) is 3.33. The van der Waals surface area contributed by atoms with E-state index < -0.39 is 0 Å². The molecule has 0 aromatic rings. The van der Waals surface area contributed by atoms with Crippen molar-refractivity contribution in [3.05, 3.63) is 0 Å². The van der Waals surface area contributed by atoms with E-state index in [-0.39, 0.29) is 0 Å². The maximum atomic E-state index is 5.93. The molecular weight excluding hydrogens is 198 g/mol. The highest BCUT2D eigenvalue weighted by Gasteiger charge is 2.35. The summed E-state index contributed by atoms with van der Waals surface area (Å²) in [5.41, 5.74) is 0.296. The molecule has 0 atom stereocenters. The first-order valence-electron chi connectivity index (χ1n) is 7.13. The Kier molecular flexibility index (Phi) is 8.96. The Bertz CT molecular complexity index is 143. The van der Waals surface area contributed by atoms with Crippen LogP contribution in [0.25, 0.3) is 0 Å². The molecule has 0 N–H and O–H groups in total. The third kappa shape index (κ3) is 4.84. The molecule has 2 fully saturated rings. The smallest absolute Gasteiger partial charge is 0.0706 e. The van der Waals surface area contributed by atoms with Crippen molar-refractivity contribution in [1.82, 2.24) is 4.90 Å². The van der Waals surface area contributed by atoms with E-state index in [1.54, 1.807) is 0 Å². The van der Waals surface area contributed by atoms with Gasteiger partial charge in [0.25, 0.3) is 0 Å². The van der Waals surface area contributed by atoms with Gasteiger partial charge in [0.2, 0.25) is 0 Å². The van der Waals surface area contributed by atoms with Crippen molar-refractivity contribution in [2.45, 2.75) is 65.4 Å². The first kappa shape index (κ1) is 15.9. The van der Waals surface area contributed by atoms with Crippen LogP contribution in [0.4, 0.5) is 0 Å². The van der Waals surface area contributed by atoms with Crippen LogP contribution in [0.3, 0.4) is 0 Å². The van der Waals surface area contributed by atoms with Crippen LogP contribution in [-0.4, -0.2) is 37.2 Å². The summed E-state index contributed by atoms with van der Waals surface area (Å²) in [6, 6.07) is 0. The quantitative estimate of drug-likeness (QED) is 0.628. The van der Waals surface area contributed by atoms with Crippen molar-refractivity contribution in [1.29, 1.82) is 0 Å². The molecule has 0 unspecified atom stereocenters. The third-order valence-electron chi connectivity index (χ3n) is 3.33. The Labute approximate surface area is 102 Å². The van der Waals surface area contributed by atoms with Gasteiger partial charge in [-0.15, -0.1) is 0 Å². The highest BCUT2D eigenvalue weighted by Crippen LogP contribution is 2.34. The lowest BCUT2D eigenvalue weighted by Gasteiger charge is -2.43. The Morgan fingerprint density at radius 1 is 0.875 bits per heavy atom. The van der Waals surface area contributed by atoms with Crippen LogP contribution < -0.4 is 0 Å². The number of hydrogen-bond acceptors (Lipinski definition) is 2. The van der Waals surface area contributed by atoms with Crippen molar-refractivity contribution < 1.29 is 4.74 Å². The zero-order valence-corrected chi connectivity index (χ0v) is 12.0. The number of ether oxygens (including phenoxy) is 1. The Hall–Kier alpha value is -0.0800. The van der Waals surface area contributed by atoms with Gasteiger partial charge in [0.05, 0.1) is 5.60 Å². The van der Waals surface area contributed by atoms with Gasteiger partial charge in [-0.25, -0.2) is 0 Å². The second-order valence-corrected chi connectivity index (χ2v) is 4.29. The first-order chi connectivity index (χ1) is 7.81. The first-order valence-corrected chi connectivity index (χ1v) is 7.13. The molecule has 2 aliphatic heterocycles. The van der Waals surface area contributed by atoms with Crippen molar-refractivity contribution >= 4 is 0 Å². The SMILES string of the molecule is CC.CC.CN1CCC2(CCCCO2)CC1. The summed E-state index contributed by atoms with van der Waals surface area (Å²) in [4.78, 5) is 2.41. The van der Waals surface area contributed by atoms with Gasteiger partial charge in [-0.2, -0.15) is 0 Å². The summed E-state index contributed by atoms with van der Waals surface area (Å²) >= 11 is 0. The Balaban J connectivity index is 0.000000509. The molecule has 2 nitrogen and oxygen atoms in total. The van der Waals surface area contributed by atoms with Gasteiger partial charge in [0, 0.05) is 19.7 Å². The summed E-state index contributed by atoms with van der Waals surface area (Å²) in [5.74, 6) is 0. The molecule has 2 heterocycles. The molecule has 98 valence electrons. The van der Waals surface area contributed by atoms with Gasteiger partial charge >= 0.3 is 0 Å². The number of nitrogens with zero attached hydrogens (tertiary/aromatic N) is 1. The summed E-state index contributed by atoms with van der Waals surface area (Å²) in [6.07, 6.45) is 6.47. The normalized spacial score (nSPS) is 23.8. The lowest BCUT2D eigenvalue weighted by molar-refractivity contribution is -0.108. The fraction of sp³-hybridized carbons (Fsp3) is 1.00. The van der Waals surface area contributed by atoms with E-state index in [9.17, 15) is 0 Å². The molecule has 0 radical (unpaired) electrons. The number of piperidine rings is 1. The Morgan fingerprint density at radius 2 is 1.44 bits per heavy atom. The van der Waals surface area contributed by atoms with E-state index in [1.165, 1.54) is 45.2 Å². The van der Waals surface area contributed by atoms with Crippen molar-refractivity contribution in [2.24, 2.45) is 0 Å². The predicted molar refractivity (Wildman–Crippen MR) is 72.0 cm³/mol. The lowest BCUT2D eigenvalue weighted by Crippen LogP contribution is -2.46. The Morgan fingerprint density at radius 3 is 1.88 bits per heavy atom. The van der Waals surface area contributed by atoms with E-state index in [1.807, 2.05) is 27.7 Å². The summed E-state index contributed by atoms with van der Waals surface area (Å²) in [5, 5.41) is 0. The van der Waals surface area contributed by atoms with Gasteiger partial charge < -0.3 is 9.64 Å². The standard InChI is InChI=1S/C10H19NO.2C2H6/c1-11-7-5-10(6-8-11)4-2-3-9-12-10;2*1-2/h2-9H2,1H3;2*1-2H3. The van der Waals surface area contributed by atoms with E-state index in [0.717, 1.165) is 6.61 Å². The summed E-state index contributed by atoms with van der Waals surface area (Å²) in [6.45, 7) is 11.4. The van der Waals surface area contributed by atoms with Gasteiger partial charge in [0.1, 0.15) is 0 Å². The second kappa shape index (κ2) is 9.00. The predicted octanol–water partition coefficient (Wildman–Crippen LogP) is 3.70. The zero-order valence-electron chi connectivity index (χ0n) is 12.0. The largest absolute Gasteiger partial charge is 0.375 e. The molecule has 1 spiro atoms. The van der Waals surface area contributed by atoms with Gasteiger partial charge in [-0.3, -0.25) is 0 Å². The van der Waals surface area contributed by atoms with Crippen LogP contribution in [0.2, 0.25) is 0 Å². The molecule has 2 saturated heterocycles. The van der Waals surface area contributed by atoms with E-state index in [2.05, 4.69) is 11.9 Å². The van der Waals surface area contributed by atoms with Crippen LogP contribution in [0.1, 0.15) is 59.8 Å². The number of rotatable bonds is 0. The zero-order chi connectivity index (χ0) is 12.4. The van der Waals surface area contributed by atoms with Crippen LogP contribution >= 0.6 is 0 Å². The molecule has 2 heteroatoms. The van der Waals surface area contributed by atoms with Crippen molar-refractivity contribution in [3.8, 4) is 0 Å². The van der Waals surface area contributed by atoms with E-state index >= 15 is 0 Å².